The van der Waals surface area contributed by atoms with Crippen LogP contribution in [0.15, 0.2) is 12.1 Å². The third-order valence-electron chi connectivity index (χ3n) is 3.13. The molecule has 1 heterocycles. The summed E-state index contributed by atoms with van der Waals surface area (Å²) in [5.74, 6) is -0.164. The quantitative estimate of drug-likeness (QED) is 0.903. The van der Waals surface area contributed by atoms with E-state index < -0.39 is 0 Å². The highest BCUT2D eigenvalue weighted by atomic mass is 35.5. The number of anilines is 1. The summed E-state index contributed by atoms with van der Waals surface area (Å²) in [4.78, 5) is 14.2. The van der Waals surface area contributed by atoms with Gasteiger partial charge in [-0.05, 0) is 26.0 Å². The maximum Gasteiger partial charge on any atom is 0.238 e. The molecule has 2 atom stereocenters. The topological polar surface area (TPSA) is 41.6 Å². The van der Waals surface area contributed by atoms with Gasteiger partial charge in [0.05, 0.1) is 34.5 Å². The molecule has 1 aliphatic heterocycles. The maximum absolute atomic E-state index is 12.1. The predicted octanol–water partition coefficient (Wildman–Crippen LogP) is 3.69. The number of nitrogens with zero attached hydrogens (tertiary/aromatic N) is 1. The average molecular weight is 352 g/mol. The average Bonchev–Trinajstić information content (AvgIpc) is 2.32. The largest absolute Gasteiger partial charge is 0.373 e. The van der Waals surface area contributed by atoms with Crippen molar-refractivity contribution in [1.82, 2.24) is 4.90 Å². The Morgan fingerprint density at radius 2 is 1.76 bits per heavy atom. The van der Waals surface area contributed by atoms with E-state index in [1.165, 1.54) is 0 Å². The minimum Gasteiger partial charge on any atom is -0.373 e. The molecule has 21 heavy (non-hydrogen) atoms. The first-order valence-electron chi connectivity index (χ1n) is 6.67. The van der Waals surface area contributed by atoms with Crippen molar-refractivity contribution < 1.29 is 9.53 Å². The second-order valence-electron chi connectivity index (χ2n) is 5.24. The van der Waals surface area contributed by atoms with Gasteiger partial charge < -0.3 is 10.1 Å². The summed E-state index contributed by atoms with van der Waals surface area (Å²) >= 11 is 17.9. The molecule has 1 saturated heterocycles. The van der Waals surface area contributed by atoms with Gasteiger partial charge in [-0.3, -0.25) is 9.69 Å². The number of carbonyl (C=O) groups excluding carboxylic acids is 1. The first-order valence-corrected chi connectivity index (χ1v) is 7.80. The summed E-state index contributed by atoms with van der Waals surface area (Å²) in [5, 5.41) is 3.82. The molecule has 0 aliphatic carbocycles. The fraction of sp³-hybridized carbons (Fsp3) is 0.500. The van der Waals surface area contributed by atoms with Crippen LogP contribution in [0.25, 0.3) is 0 Å². The number of ether oxygens (including phenoxy) is 1. The van der Waals surface area contributed by atoms with Gasteiger partial charge in [0.25, 0.3) is 0 Å². The third kappa shape index (κ3) is 4.73. The van der Waals surface area contributed by atoms with Crippen molar-refractivity contribution in [2.45, 2.75) is 26.1 Å². The molecule has 1 aliphatic rings. The lowest BCUT2D eigenvalue weighted by molar-refractivity contribution is -0.121. The summed E-state index contributed by atoms with van der Waals surface area (Å²) < 4.78 is 5.64. The number of rotatable bonds is 3. The Morgan fingerprint density at radius 3 is 2.29 bits per heavy atom. The van der Waals surface area contributed by atoms with Crippen LogP contribution in [0.4, 0.5) is 5.69 Å². The summed E-state index contributed by atoms with van der Waals surface area (Å²) in [5.41, 5.74) is 0.391. The van der Waals surface area contributed by atoms with Crippen LogP contribution in [0.5, 0.6) is 0 Å². The first-order chi connectivity index (χ1) is 9.85. The van der Waals surface area contributed by atoms with Gasteiger partial charge in [0, 0.05) is 18.1 Å². The van der Waals surface area contributed by atoms with Gasteiger partial charge in [0.2, 0.25) is 5.91 Å². The second kappa shape index (κ2) is 7.16. The molecule has 0 aromatic heterocycles. The van der Waals surface area contributed by atoms with E-state index in [4.69, 9.17) is 39.5 Å². The zero-order chi connectivity index (χ0) is 15.6. The van der Waals surface area contributed by atoms with Gasteiger partial charge in [-0.2, -0.15) is 0 Å². The minimum absolute atomic E-state index is 0.115. The molecule has 116 valence electrons. The number of carbonyl (C=O) groups is 1. The number of hydrogen-bond donors (Lipinski definition) is 1. The van der Waals surface area contributed by atoms with E-state index in [0.717, 1.165) is 13.1 Å². The number of morpholine rings is 1. The number of amides is 1. The second-order valence-corrected chi connectivity index (χ2v) is 6.49. The van der Waals surface area contributed by atoms with Crippen LogP contribution in [-0.4, -0.2) is 42.6 Å². The van der Waals surface area contributed by atoms with Crippen LogP contribution < -0.4 is 5.32 Å². The molecule has 1 aromatic rings. The van der Waals surface area contributed by atoms with Crippen LogP contribution in [0.2, 0.25) is 15.1 Å². The molecule has 0 spiro atoms. The molecule has 1 aromatic carbocycles. The van der Waals surface area contributed by atoms with Gasteiger partial charge in [-0.15, -0.1) is 0 Å². The summed E-state index contributed by atoms with van der Waals surface area (Å²) in [7, 11) is 0. The molecule has 0 bridgehead atoms. The highest BCUT2D eigenvalue weighted by molar-refractivity contribution is 6.42. The Kier molecular flexibility index (Phi) is 5.74. The predicted molar refractivity (Wildman–Crippen MR) is 86.6 cm³/mol. The standard InChI is InChI=1S/C14H17Cl3N2O2/c1-8-5-19(6-9(2)21-8)7-13(20)18-14-11(16)3-10(15)4-12(14)17/h3-4,8-9H,5-7H2,1-2H3,(H,18,20)/t8-,9-/m0/s1. The van der Waals surface area contributed by atoms with Crippen LogP contribution in [0, 0.1) is 0 Å². The molecule has 7 heteroatoms. The molecule has 1 amide bonds. The van der Waals surface area contributed by atoms with E-state index in [9.17, 15) is 4.79 Å². The van der Waals surface area contributed by atoms with Crippen molar-refractivity contribution >= 4 is 46.4 Å². The Morgan fingerprint density at radius 1 is 1.24 bits per heavy atom. The van der Waals surface area contributed by atoms with Crippen molar-refractivity contribution in [2.24, 2.45) is 0 Å². The van der Waals surface area contributed by atoms with Crippen LogP contribution in [0.1, 0.15) is 13.8 Å². The van der Waals surface area contributed by atoms with Crippen LogP contribution in [-0.2, 0) is 9.53 Å². The highest BCUT2D eigenvalue weighted by Gasteiger charge is 2.24. The zero-order valence-electron chi connectivity index (χ0n) is 11.8. The number of benzene rings is 1. The Bertz CT molecular complexity index is 506. The molecule has 2 rings (SSSR count). The fourth-order valence-electron chi connectivity index (χ4n) is 2.46. The zero-order valence-corrected chi connectivity index (χ0v) is 14.1. The lowest BCUT2D eigenvalue weighted by Gasteiger charge is -2.34. The van der Waals surface area contributed by atoms with Gasteiger partial charge in [-0.1, -0.05) is 34.8 Å². The summed E-state index contributed by atoms with van der Waals surface area (Å²) in [6.45, 7) is 5.70. The van der Waals surface area contributed by atoms with Gasteiger partial charge in [-0.25, -0.2) is 0 Å². The van der Waals surface area contributed by atoms with Crippen molar-refractivity contribution in [1.29, 1.82) is 0 Å². The fourth-order valence-corrected chi connectivity index (χ4v) is 3.37. The van der Waals surface area contributed by atoms with Gasteiger partial charge in [0.1, 0.15) is 0 Å². The normalized spacial score (nSPS) is 23.1. The van der Waals surface area contributed by atoms with Crippen LogP contribution >= 0.6 is 34.8 Å². The lowest BCUT2D eigenvalue weighted by atomic mass is 10.2. The highest BCUT2D eigenvalue weighted by Crippen LogP contribution is 2.33. The monoisotopic (exact) mass is 350 g/mol. The van der Waals surface area contributed by atoms with E-state index in [2.05, 4.69) is 5.32 Å². The van der Waals surface area contributed by atoms with E-state index in [-0.39, 0.29) is 24.7 Å². The summed E-state index contributed by atoms with van der Waals surface area (Å²) in [6.07, 6.45) is 0.230. The number of hydrogen-bond acceptors (Lipinski definition) is 3. The SMILES string of the molecule is C[C@H]1CN(CC(=O)Nc2c(Cl)cc(Cl)cc2Cl)C[C@H](C)O1. The third-order valence-corrected chi connectivity index (χ3v) is 3.95. The molecule has 0 unspecified atom stereocenters. The maximum atomic E-state index is 12.1. The van der Waals surface area contributed by atoms with Crippen molar-refractivity contribution in [3.05, 3.63) is 27.2 Å². The van der Waals surface area contributed by atoms with Crippen LogP contribution in [0.3, 0.4) is 0 Å². The molecular weight excluding hydrogens is 335 g/mol. The number of halogens is 3. The molecule has 1 fully saturated rings. The van der Waals surface area contributed by atoms with Crippen molar-refractivity contribution in [3.8, 4) is 0 Å². The number of nitrogens with one attached hydrogen (secondary N) is 1. The van der Waals surface area contributed by atoms with Gasteiger partial charge >= 0.3 is 0 Å². The Labute approximate surface area is 139 Å². The molecule has 1 N–H and O–H groups in total. The Balaban J connectivity index is 1.99. The van der Waals surface area contributed by atoms with Crippen molar-refractivity contribution in [3.63, 3.8) is 0 Å². The lowest BCUT2D eigenvalue weighted by Crippen LogP contribution is -2.48. The first kappa shape index (κ1) is 16.8. The van der Waals surface area contributed by atoms with Gasteiger partial charge in [0.15, 0.2) is 0 Å². The van der Waals surface area contributed by atoms with Crippen molar-refractivity contribution in [2.75, 3.05) is 25.0 Å². The van der Waals surface area contributed by atoms with E-state index in [1.807, 2.05) is 18.7 Å². The van der Waals surface area contributed by atoms with E-state index >= 15 is 0 Å². The van der Waals surface area contributed by atoms with E-state index in [0.29, 0.717) is 20.8 Å². The molecule has 4 nitrogen and oxygen atoms in total. The summed E-state index contributed by atoms with van der Waals surface area (Å²) in [6, 6.07) is 3.09. The smallest absolute Gasteiger partial charge is 0.238 e. The molecule has 0 radical (unpaired) electrons. The molecule has 0 saturated carbocycles. The Hall–Kier alpha value is -0.520. The van der Waals surface area contributed by atoms with E-state index in [1.54, 1.807) is 12.1 Å². The molecular formula is C14H17Cl3N2O2. The minimum atomic E-state index is -0.164.